The third kappa shape index (κ3) is 3.32. The van der Waals surface area contributed by atoms with E-state index in [1.807, 2.05) is 0 Å². The Morgan fingerprint density at radius 2 is 1.79 bits per heavy atom. The number of hydrogen-bond donors (Lipinski definition) is 2. The number of carbonyl (C=O) groups excluding carboxylic acids is 1. The monoisotopic (exact) mass is 284 g/mol. The first-order chi connectivity index (χ1) is 8.89. The molecule has 0 aliphatic carbocycles. The molecule has 0 saturated heterocycles. The zero-order chi connectivity index (χ0) is 14.6. The predicted octanol–water partition coefficient (Wildman–Crippen LogP) is 3.42. The van der Waals surface area contributed by atoms with E-state index in [4.69, 9.17) is 5.11 Å². The molecular weight excluding hydrogens is 264 g/mol. The van der Waals surface area contributed by atoms with Crippen LogP contribution in [-0.4, -0.2) is 27.4 Å². The first kappa shape index (κ1) is 15.6. The summed E-state index contributed by atoms with van der Waals surface area (Å²) in [5.74, 6) is -1.43. The van der Waals surface area contributed by atoms with Gasteiger partial charge in [0, 0.05) is 12.5 Å². The average Bonchev–Trinajstić information content (AvgIpc) is 2.80. The quantitative estimate of drug-likeness (QED) is 0.750. The fourth-order valence-electron chi connectivity index (χ4n) is 2.00. The maximum atomic E-state index is 11.4. The lowest BCUT2D eigenvalue weighted by molar-refractivity contribution is 0.0687. The number of anilines is 1. The van der Waals surface area contributed by atoms with Crippen molar-refractivity contribution in [2.24, 2.45) is 0 Å². The van der Waals surface area contributed by atoms with Gasteiger partial charge in [-0.1, -0.05) is 32.1 Å². The van der Waals surface area contributed by atoms with Gasteiger partial charge in [0.15, 0.2) is 16.6 Å². The van der Waals surface area contributed by atoms with Gasteiger partial charge < -0.3 is 10.4 Å². The first-order valence-corrected chi connectivity index (χ1v) is 7.24. The lowest BCUT2D eigenvalue weighted by Crippen LogP contribution is -2.36. The molecule has 0 aromatic carbocycles. The van der Waals surface area contributed by atoms with E-state index in [0.29, 0.717) is 5.13 Å². The first-order valence-electron chi connectivity index (χ1n) is 6.42. The molecule has 0 saturated carbocycles. The zero-order valence-corrected chi connectivity index (χ0v) is 12.6. The molecule has 0 aliphatic heterocycles. The van der Waals surface area contributed by atoms with Crippen LogP contribution in [0.25, 0.3) is 0 Å². The molecule has 19 heavy (non-hydrogen) atoms. The van der Waals surface area contributed by atoms with Crippen LogP contribution in [0, 0.1) is 0 Å². The maximum absolute atomic E-state index is 11.4. The molecule has 0 aliphatic rings. The molecule has 0 radical (unpaired) electrons. The lowest BCUT2D eigenvalue weighted by Gasteiger charge is -2.31. The maximum Gasteiger partial charge on any atom is 0.356 e. The predicted molar refractivity (Wildman–Crippen MR) is 76.3 cm³/mol. The van der Waals surface area contributed by atoms with Crippen molar-refractivity contribution in [3.63, 3.8) is 0 Å². The van der Waals surface area contributed by atoms with Crippen LogP contribution in [0.3, 0.4) is 0 Å². The Bertz CT molecular complexity index is 438. The number of Topliss-reactive ketones (excluding diaryl/α,β-unsaturated/α-hetero) is 1. The van der Waals surface area contributed by atoms with Gasteiger partial charge in [-0.25, -0.2) is 9.78 Å². The Balaban J connectivity index is 3.12. The number of aromatic carboxylic acids is 1. The summed E-state index contributed by atoms with van der Waals surface area (Å²) in [6.07, 6.45) is 2.74. The van der Waals surface area contributed by atoms with Gasteiger partial charge in [-0.15, -0.1) is 0 Å². The van der Waals surface area contributed by atoms with Crippen molar-refractivity contribution < 1.29 is 14.7 Å². The largest absolute Gasteiger partial charge is 0.476 e. The zero-order valence-electron chi connectivity index (χ0n) is 11.7. The summed E-state index contributed by atoms with van der Waals surface area (Å²) >= 11 is 1.12. The van der Waals surface area contributed by atoms with Gasteiger partial charge in [0.05, 0.1) is 0 Å². The number of carboxylic acids is 1. The number of aromatic nitrogens is 1. The third-order valence-corrected chi connectivity index (χ3v) is 4.62. The molecule has 0 unspecified atom stereocenters. The molecule has 1 rings (SSSR count). The summed E-state index contributed by atoms with van der Waals surface area (Å²) in [6.45, 7) is 7.60. The second kappa shape index (κ2) is 6.14. The number of nitrogens with zero attached hydrogens (tertiary/aromatic N) is 1. The smallest absolute Gasteiger partial charge is 0.356 e. The van der Waals surface area contributed by atoms with Crippen LogP contribution in [0.15, 0.2) is 0 Å². The fourth-order valence-corrected chi connectivity index (χ4v) is 2.97. The molecular formula is C13H20N2O3S. The number of nitrogens with one attached hydrogen (secondary N) is 1. The van der Waals surface area contributed by atoms with Crippen LogP contribution in [0.5, 0.6) is 0 Å². The fraction of sp³-hybridized carbons (Fsp3) is 0.615. The normalized spacial score (nSPS) is 11.4. The van der Waals surface area contributed by atoms with Gasteiger partial charge in [0.2, 0.25) is 0 Å². The van der Waals surface area contributed by atoms with Crippen LogP contribution < -0.4 is 5.32 Å². The van der Waals surface area contributed by atoms with Crippen LogP contribution >= 0.6 is 11.3 Å². The van der Waals surface area contributed by atoms with Crippen molar-refractivity contribution in [2.45, 2.75) is 52.5 Å². The van der Waals surface area contributed by atoms with Gasteiger partial charge in [-0.3, -0.25) is 4.79 Å². The van der Waals surface area contributed by atoms with Crippen molar-refractivity contribution >= 4 is 28.2 Å². The van der Waals surface area contributed by atoms with E-state index in [-0.39, 0.29) is 21.9 Å². The van der Waals surface area contributed by atoms with Crippen molar-refractivity contribution in [1.82, 2.24) is 4.98 Å². The summed E-state index contributed by atoms with van der Waals surface area (Å²) in [7, 11) is 0. The van der Waals surface area contributed by atoms with Crippen LogP contribution in [-0.2, 0) is 0 Å². The minimum absolute atomic E-state index is 0.0955. The molecule has 6 heteroatoms. The summed E-state index contributed by atoms with van der Waals surface area (Å²) in [4.78, 5) is 26.8. The van der Waals surface area contributed by atoms with Gasteiger partial charge >= 0.3 is 5.97 Å². The van der Waals surface area contributed by atoms with E-state index in [9.17, 15) is 9.59 Å². The number of carbonyl (C=O) groups is 2. The Hall–Kier alpha value is -1.43. The standard InChI is InChI=1S/C13H20N2O3S/c1-5-13(6-2,7-3)15-12-14-9(11(17)18)10(19-12)8(4)16/h5-7H2,1-4H3,(H,14,15)(H,17,18). The van der Waals surface area contributed by atoms with Gasteiger partial charge in [-0.2, -0.15) is 0 Å². The van der Waals surface area contributed by atoms with Crippen LogP contribution in [0.1, 0.15) is 67.1 Å². The minimum Gasteiger partial charge on any atom is -0.476 e. The molecule has 0 atom stereocenters. The van der Waals surface area contributed by atoms with E-state index in [2.05, 4.69) is 31.1 Å². The number of hydrogen-bond acceptors (Lipinski definition) is 5. The number of rotatable bonds is 7. The SMILES string of the molecule is CCC(CC)(CC)Nc1nc(C(=O)O)c(C(C)=O)s1. The van der Waals surface area contributed by atoms with Gasteiger partial charge in [0.1, 0.15) is 4.88 Å². The Labute approximate surface area is 117 Å². The third-order valence-electron chi connectivity index (χ3n) is 3.55. The highest BCUT2D eigenvalue weighted by atomic mass is 32.1. The molecule has 2 N–H and O–H groups in total. The minimum atomic E-state index is -1.16. The summed E-state index contributed by atoms with van der Waals surface area (Å²) < 4.78 is 0. The summed E-state index contributed by atoms with van der Waals surface area (Å²) in [6, 6.07) is 0. The van der Waals surface area contributed by atoms with E-state index in [0.717, 1.165) is 30.6 Å². The Morgan fingerprint density at radius 3 is 2.11 bits per heavy atom. The molecule has 0 fully saturated rings. The number of thiazole rings is 1. The highest BCUT2D eigenvalue weighted by Gasteiger charge is 2.27. The Kier molecular flexibility index (Phi) is 5.05. The van der Waals surface area contributed by atoms with Crippen molar-refractivity contribution in [2.75, 3.05) is 5.32 Å². The molecule has 1 aromatic rings. The molecule has 5 nitrogen and oxygen atoms in total. The van der Waals surface area contributed by atoms with Crippen LogP contribution in [0.2, 0.25) is 0 Å². The molecule has 106 valence electrons. The van der Waals surface area contributed by atoms with Crippen LogP contribution in [0.4, 0.5) is 5.13 Å². The second-order valence-corrected chi connectivity index (χ2v) is 5.52. The lowest BCUT2D eigenvalue weighted by atomic mass is 9.90. The number of ketones is 1. The molecule has 1 heterocycles. The highest BCUT2D eigenvalue weighted by Crippen LogP contribution is 2.30. The molecule has 0 spiro atoms. The molecule has 0 amide bonds. The second-order valence-electron chi connectivity index (χ2n) is 4.52. The summed E-state index contributed by atoms with van der Waals surface area (Å²) in [5, 5.41) is 12.9. The number of carboxylic acid groups (broad SMARTS) is 1. The van der Waals surface area contributed by atoms with Crippen molar-refractivity contribution in [1.29, 1.82) is 0 Å². The van der Waals surface area contributed by atoms with Crippen molar-refractivity contribution in [3.05, 3.63) is 10.6 Å². The molecule has 1 aromatic heterocycles. The van der Waals surface area contributed by atoms with Gasteiger partial charge in [-0.05, 0) is 19.3 Å². The van der Waals surface area contributed by atoms with E-state index in [1.54, 1.807) is 0 Å². The van der Waals surface area contributed by atoms with E-state index >= 15 is 0 Å². The van der Waals surface area contributed by atoms with E-state index in [1.165, 1.54) is 6.92 Å². The highest BCUT2D eigenvalue weighted by molar-refractivity contribution is 7.17. The average molecular weight is 284 g/mol. The Morgan fingerprint density at radius 1 is 1.26 bits per heavy atom. The van der Waals surface area contributed by atoms with E-state index < -0.39 is 5.97 Å². The topological polar surface area (TPSA) is 79.3 Å². The molecule has 0 bridgehead atoms. The summed E-state index contributed by atoms with van der Waals surface area (Å²) in [5.41, 5.74) is -0.251. The van der Waals surface area contributed by atoms with Crippen molar-refractivity contribution in [3.8, 4) is 0 Å². The van der Waals surface area contributed by atoms with Gasteiger partial charge in [0.25, 0.3) is 0 Å².